The Balaban J connectivity index is 2.11. The molecular formula is C20H19IO2. The second-order valence-corrected chi connectivity index (χ2v) is 7.75. The molecule has 0 bridgehead atoms. The van der Waals surface area contributed by atoms with Crippen LogP contribution in [0.2, 0.25) is 0 Å². The fraction of sp³-hybridized carbons (Fsp3) is 0.250. The Morgan fingerprint density at radius 3 is 2.22 bits per heavy atom. The predicted molar refractivity (Wildman–Crippen MR) is 102 cm³/mol. The molecule has 1 aliphatic heterocycles. The quantitative estimate of drug-likeness (QED) is 0.385. The normalized spacial score (nSPS) is 20.0. The number of halogens is 1. The lowest BCUT2D eigenvalue weighted by atomic mass is 9.88. The van der Waals surface area contributed by atoms with Gasteiger partial charge in [0.2, 0.25) is 0 Å². The van der Waals surface area contributed by atoms with Crippen LogP contribution < -0.4 is 0 Å². The molecule has 1 aliphatic rings. The maximum atomic E-state index is 13.0. The molecular weight excluding hydrogens is 399 g/mol. The van der Waals surface area contributed by atoms with Crippen molar-refractivity contribution < 1.29 is 9.53 Å². The first kappa shape index (κ1) is 16.2. The van der Waals surface area contributed by atoms with Gasteiger partial charge < -0.3 is 4.74 Å². The summed E-state index contributed by atoms with van der Waals surface area (Å²) in [5.74, 6) is 0.777. The van der Waals surface area contributed by atoms with E-state index in [1.807, 2.05) is 60.7 Å². The molecule has 23 heavy (non-hydrogen) atoms. The van der Waals surface area contributed by atoms with Crippen LogP contribution in [0.1, 0.15) is 36.2 Å². The van der Waals surface area contributed by atoms with Crippen LogP contribution in [0, 0.1) is 0 Å². The number of hydrogen-bond acceptors (Lipinski definition) is 2. The molecule has 3 rings (SSSR count). The Kier molecular flexibility index (Phi) is 4.57. The molecule has 0 aromatic heterocycles. The van der Waals surface area contributed by atoms with Gasteiger partial charge in [0.05, 0.1) is 3.92 Å². The number of rotatable bonds is 3. The molecule has 2 aromatic rings. The maximum absolute atomic E-state index is 13.0. The average molecular weight is 418 g/mol. The van der Waals surface area contributed by atoms with E-state index in [4.69, 9.17) is 4.74 Å². The number of allylic oxidation sites excluding steroid dienone is 1. The van der Waals surface area contributed by atoms with Crippen molar-refractivity contribution in [3.63, 3.8) is 0 Å². The second kappa shape index (κ2) is 6.48. The van der Waals surface area contributed by atoms with E-state index in [1.165, 1.54) is 0 Å². The molecule has 1 atom stereocenters. The summed E-state index contributed by atoms with van der Waals surface area (Å²) in [6, 6.07) is 19.3. The first-order chi connectivity index (χ1) is 11.0. The van der Waals surface area contributed by atoms with Crippen LogP contribution in [0.15, 0.2) is 66.2 Å². The molecule has 1 unspecified atom stereocenters. The Labute approximate surface area is 150 Å². The number of carbonyl (C=O) groups excluding carboxylic acids is 1. The van der Waals surface area contributed by atoms with Gasteiger partial charge in [-0.3, -0.25) is 4.79 Å². The fourth-order valence-corrected chi connectivity index (χ4v) is 3.26. The van der Waals surface area contributed by atoms with Crippen molar-refractivity contribution in [1.82, 2.24) is 0 Å². The summed E-state index contributed by atoms with van der Waals surface area (Å²) in [7, 11) is 0. The van der Waals surface area contributed by atoms with Gasteiger partial charge in [-0.05, 0) is 20.3 Å². The minimum Gasteiger partial charge on any atom is -0.486 e. The SMILES string of the molecule is CC1(C)OC(c2ccccc2)=C(C(=O)c2ccccc2)CC1I. The van der Waals surface area contributed by atoms with Gasteiger partial charge in [-0.15, -0.1) is 0 Å². The van der Waals surface area contributed by atoms with Gasteiger partial charge in [0.1, 0.15) is 11.4 Å². The van der Waals surface area contributed by atoms with Crippen LogP contribution in [0.25, 0.3) is 5.76 Å². The van der Waals surface area contributed by atoms with Crippen molar-refractivity contribution in [2.75, 3.05) is 0 Å². The monoisotopic (exact) mass is 418 g/mol. The zero-order chi connectivity index (χ0) is 16.4. The lowest BCUT2D eigenvalue weighted by Gasteiger charge is -2.38. The topological polar surface area (TPSA) is 26.3 Å². The smallest absolute Gasteiger partial charge is 0.192 e. The maximum Gasteiger partial charge on any atom is 0.192 e. The first-order valence-electron chi connectivity index (χ1n) is 7.70. The highest BCUT2D eigenvalue weighted by Gasteiger charge is 2.39. The molecule has 0 saturated heterocycles. The minimum atomic E-state index is -0.299. The van der Waals surface area contributed by atoms with Crippen molar-refractivity contribution in [3.8, 4) is 0 Å². The van der Waals surface area contributed by atoms with Crippen LogP contribution >= 0.6 is 22.6 Å². The molecule has 3 heteroatoms. The van der Waals surface area contributed by atoms with Crippen molar-refractivity contribution >= 4 is 34.1 Å². The zero-order valence-corrected chi connectivity index (χ0v) is 15.4. The molecule has 0 N–H and O–H groups in total. The van der Waals surface area contributed by atoms with Crippen molar-refractivity contribution in [2.45, 2.75) is 29.8 Å². The highest BCUT2D eigenvalue weighted by Crippen LogP contribution is 2.41. The standard InChI is InChI=1S/C20H19IO2/c1-20(2)17(21)13-16(18(22)14-9-5-3-6-10-14)19(23-20)15-11-7-4-8-12-15/h3-12,17H,13H2,1-2H3. The Bertz CT molecular complexity index is 733. The van der Waals surface area contributed by atoms with Gasteiger partial charge in [-0.25, -0.2) is 0 Å². The molecule has 2 nitrogen and oxygen atoms in total. The van der Waals surface area contributed by atoms with Crippen molar-refractivity contribution in [3.05, 3.63) is 77.4 Å². The summed E-state index contributed by atoms with van der Waals surface area (Å²) in [6.45, 7) is 4.16. The second-order valence-electron chi connectivity index (χ2n) is 6.25. The largest absolute Gasteiger partial charge is 0.486 e. The summed E-state index contributed by atoms with van der Waals surface area (Å²) < 4.78 is 6.52. The Morgan fingerprint density at radius 1 is 1.04 bits per heavy atom. The van der Waals surface area contributed by atoms with Gasteiger partial charge >= 0.3 is 0 Å². The molecule has 0 fully saturated rings. The highest BCUT2D eigenvalue weighted by atomic mass is 127. The molecule has 0 spiro atoms. The molecule has 2 aromatic carbocycles. The van der Waals surface area contributed by atoms with Gasteiger partial charge in [0.25, 0.3) is 0 Å². The van der Waals surface area contributed by atoms with Crippen LogP contribution in [0.3, 0.4) is 0 Å². The average Bonchev–Trinajstić information content (AvgIpc) is 2.58. The van der Waals surface area contributed by atoms with E-state index in [0.29, 0.717) is 12.0 Å². The summed E-state index contributed by atoms with van der Waals surface area (Å²) >= 11 is 2.39. The highest BCUT2D eigenvalue weighted by molar-refractivity contribution is 14.1. The number of alkyl halides is 1. The Hall–Kier alpha value is -1.62. The minimum absolute atomic E-state index is 0.0571. The summed E-state index contributed by atoms with van der Waals surface area (Å²) in [5.41, 5.74) is 2.14. The molecule has 0 amide bonds. The third-order valence-corrected chi connectivity index (χ3v) is 6.06. The lowest BCUT2D eigenvalue weighted by Crippen LogP contribution is -2.39. The number of ether oxygens (including phenoxy) is 1. The lowest BCUT2D eigenvalue weighted by molar-refractivity contribution is 0.0647. The van der Waals surface area contributed by atoms with E-state index < -0.39 is 0 Å². The van der Waals surface area contributed by atoms with E-state index in [0.717, 1.165) is 16.9 Å². The van der Waals surface area contributed by atoms with E-state index in [1.54, 1.807) is 0 Å². The summed E-state index contributed by atoms with van der Waals surface area (Å²) in [6.07, 6.45) is 0.714. The Morgan fingerprint density at radius 2 is 1.61 bits per heavy atom. The van der Waals surface area contributed by atoms with E-state index in [-0.39, 0.29) is 15.3 Å². The molecule has 0 saturated carbocycles. The third kappa shape index (κ3) is 3.34. The van der Waals surface area contributed by atoms with E-state index in [9.17, 15) is 4.79 Å². The fourth-order valence-electron chi connectivity index (χ4n) is 2.69. The number of ketones is 1. The van der Waals surface area contributed by atoms with Gasteiger partial charge in [-0.1, -0.05) is 83.3 Å². The van der Waals surface area contributed by atoms with Crippen LogP contribution in [-0.2, 0) is 4.74 Å². The summed E-state index contributed by atoms with van der Waals surface area (Å²) in [5, 5.41) is 0. The zero-order valence-electron chi connectivity index (χ0n) is 13.3. The van der Waals surface area contributed by atoms with Crippen LogP contribution in [0.4, 0.5) is 0 Å². The van der Waals surface area contributed by atoms with Crippen molar-refractivity contribution in [1.29, 1.82) is 0 Å². The number of hydrogen-bond donors (Lipinski definition) is 0. The number of Topliss-reactive ketones (excluding diaryl/α,β-unsaturated/α-hetero) is 1. The van der Waals surface area contributed by atoms with E-state index in [2.05, 4.69) is 36.4 Å². The molecule has 118 valence electrons. The number of carbonyl (C=O) groups is 1. The van der Waals surface area contributed by atoms with Gasteiger partial charge in [0, 0.05) is 16.7 Å². The van der Waals surface area contributed by atoms with Gasteiger partial charge in [0.15, 0.2) is 5.78 Å². The summed E-state index contributed by atoms with van der Waals surface area (Å²) in [4.78, 5) is 13.0. The molecule has 0 radical (unpaired) electrons. The first-order valence-corrected chi connectivity index (χ1v) is 8.95. The predicted octanol–water partition coefficient (Wildman–Crippen LogP) is 5.28. The van der Waals surface area contributed by atoms with E-state index >= 15 is 0 Å². The van der Waals surface area contributed by atoms with Crippen molar-refractivity contribution in [2.24, 2.45) is 0 Å². The number of benzene rings is 2. The third-order valence-electron chi connectivity index (χ3n) is 4.12. The molecule has 1 heterocycles. The molecule has 0 aliphatic carbocycles. The van der Waals surface area contributed by atoms with Gasteiger partial charge in [-0.2, -0.15) is 0 Å². The van der Waals surface area contributed by atoms with Crippen LogP contribution in [0.5, 0.6) is 0 Å². The van der Waals surface area contributed by atoms with Crippen LogP contribution in [-0.4, -0.2) is 15.3 Å².